The number of aromatic nitrogens is 4. The lowest BCUT2D eigenvalue weighted by atomic mass is 9.88. The van der Waals surface area contributed by atoms with Crippen molar-refractivity contribution in [1.29, 1.82) is 0 Å². The smallest absolute Gasteiger partial charge is 0.253 e. The molecule has 0 saturated carbocycles. The van der Waals surface area contributed by atoms with Crippen LogP contribution >= 0.6 is 0 Å². The highest BCUT2D eigenvalue weighted by Crippen LogP contribution is 2.34. The van der Waals surface area contributed by atoms with Gasteiger partial charge in [-0.25, -0.2) is 9.97 Å². The fraction of sp³-hybridized carbons (Fsp3) is 0.375. The molecule has 1 fully saturated rings. The quantitative estimate of drug-likeness (QED) is 0.656. The molecule has 3 aromatic rings. The highest BCUT2D eigenvalue weighted by molar-refractivity contribution is 5.94. The van der Waals surface area contributed by atoms with Crippen molar-refractivity contribution < 1.29 is 4.79 Å². The Morgan fingerprint density at radius 3 is 2.37 bits per heavy atom. The van der Waals surface area contributed by atoms with Crippen molar-refractivity contribution in [2.24, 2.45) is 0 Å². The normalized spacial score (nSPS) is 17.0. The zero-order valence-electron chi connectivity index (χ0n) is 17.7. The summed E-state index contributed by atoms with van der Waals surface area (Å²) in [4.78, 5) is 32.8. The molecule has 0 aromatic carbocycles. The predicted octanol–water partition coefficient (Wildman–Crippen LogP) is 4.25. The minimum Gasteiger partial charge on any atom is -0.338 e. The Morgan fingerprint density at radius 2 is 1.70 bits per heavy atom. The lowest BCUT2D eigenvalue weighted by Gasteiger charge is -2.34. The average molecular weight is 402 g/mol. The van der Waals surface area contributed by atoms with Crippen LogP contribution in [0.2, 0.25) is 0 Å². The van der Waals surface area contributed by atoms with Crippen LogP contribution in [-0.2, 0) is 5.41 Å². The fourth-order valence-corrected chi connectivity index (χ4v) is 3.88. The van der Waals surface area contributed by atoms with Gasteiger partial charge in [0.15, 0.2) is 0 Å². The van der Waals surface area contributed by atoms with E-state index in [1.165, 1.54) is 0 Å². The van der Waals surface area contributed by atoms with Crippen LogP contribution < -0.4 is 0 Å². The summed E-state index contributed by atoms with van der Waals surface area (Å²) in [6.07, 6.45) is 10.8. The van der Waals surface area contributed by atoms with E-state index in [0.717, 1.165) is 42.0 Å². The molecular weight excluding hydrogens is 374 g/mol. The van der Waals surface area contributed by atoms with Crippen molar-refractivity contribution in [2.45, 2.75) is 44.9 Å². The number of nitrogens with zero attached hydrogens (tertiary/aromatic N) is 5. The fourth-order valence-electron chi connectivity index (χ4n) is 3.88. The lowest BCUT2D eigenvalue weighted by molar-refractivity contribution is 0.0705. The van der Waals surface area contributed by atoms with Gasteiger partial charge in [-0.1, -0.05) is 20.8 Å². The largest absolute Gasteiger partial charge is 0.338 e. The minimum atomic E-state index is -0.146. The second-order valence-electron chi connectivity index (χ2n) is 8.80. The van der Waals surface area contributed by atoms with Gasteiger partial charge in [-0.05, 0) is 42.7 Å². The highest BCUT2D eigenvalue weighted by Gasteiger charge is 2.30. The number of piperidine rings is 1. The molecular formula is C24H27N5O. The van der Waals surface area contributed by atoms with Gasteiger partial charge in [0.05, 0.1) is 5.69 Å². The molecule has 154 valence electrons. The minimum absolute atomic E-state index is 0.0534. The van der Waals surface area contributed by atoms with Crippen molar-refractivity contribution in [1.82, 2.24) is 24.8 Å². The Bertz CT molecular complexity index is 1010. The molecule has 1 aliphatic rings. The van der Waals surface area contributed by atoms with Crippen molar-refractivity contribution in [3.05, 3.63) is 72.3 Å². The van der Waals surface area contributed by atoms with Gasteiger partial charge in [0.25, 0.3) is 5.91 Å². The molecule has 4 heterocycles. The maximum atomic E-state index is 13.0. The maximum absolute atomic E-state index is 13.0. The third-order valence-electron chi connectivity index (χ3n) is 5.50. The summed E-state index contributed by atoms with van der Waals surface area (Å²) in [5.74, 6) is 1.04. The molecule has 0 aliphatic carbocycles. The van der Waals surface area contributed by atoms with Crippen molar-refractivity contribution in [3.8, 4) is 11.1 Å². The van der Waals surface area contributed by atoms with E-state index >= 15 is 0 Å². The second-order valence-corrected chi connectivity index (χ2v) is 8.80. The standard InChI is InChI=1S/C24H27N5O/c1-24(2,3)23-27-15-20(17-6-10-25-11-7-17)21(28-23)19-5-4-14-29(16-19)22(30)18-8-12-26-13-9-18/h6-13,15,19H,4-5,14,16H2,1-3H3. The van der Waals surface area contributed by atoms with E-state index in [0.29, 0.717) is 12.1 Å². The van der Waals surface area contributed by atoms with E-state index in [4.69, 9.17) is 4.98 Å². The Hall–Kier alpha value is -3.15. The molecule has 6 nitrogen and oxygen atoms in total. The Balaban J connectivity index is 1.70. The van der Waals surface area contributed by atoms with Gasteiger partial charge in [0.1, 0.15) is 5.82 Å². The monoisotopic (exact) mass is 401 g/mol. The third kappa shape index (κ3) is 4.22. The Morgan fingerprint density at radius 1 is 1.03 bits per heavy atom. The molecule has 0 bridgehead atoms. The van der Waals surface area contributed by atoms with Crippen molar-refractivity contribution in [2.75, 3.05) is 13.1 Å². The summed E-state index contributed by atoms with van der Waals surface area (Å²) in [5, 5.41) is 0. The first-order valence-electron chi connectivity index (χ1n) is 10.4. The summed E-state index contributed by atoms with van der Waals surface area (Å²) in [6.45, 7) is 7.79. The van der Waals surface area contributed by atoms with Crippen LogP contribution in [0, 0.1) is 0 Å². The van der Waals surface area contributed by atoms with Crippen LogP contribution in [0.1, 0.15) is 61.4 Å². The molecule has 4 rings (SSSR count). The molecule has 0 spiro atoms. The number of pyridine rings is 2. The molecule has 1 amide bonds. The first-order chi connectivity index (χ1) is 14.4. The van der Waals surface area contributed by atoms with E-state index < -0.39 is 0 Å². The average Bonchev–Trinajstić information content (AvgIpc) is 2.79. The van der Waals surface area contributed by atoms with Gasteiger partial charge in [-0.2, -0.15) is 0 Å². The molecule has 6 heteroatoms. The molecule has 1 aliphatic heterocycles. The summed E-state index contributed by atoms with van der Waals surface area (Å²) in [7, 11) is 0. The Kier molecular flexibility index (Phi) is 5.57. The second kappa shape index (κ2) is 8.30. The zero-order valence-corrected chi connectivity index (χ0v) is 17.7. The van der Waals surface area contributed by atoms with Crippen LogP contribution in [0.5, 0.6) is 0 Å². The maximum Gasteiger partial charge on any atom is 0.253 e. The topological polar surface area (TPSA) is 71.9 Å². The number of rotatable bonds is 3. The van der Waals surface area contributed by atoms with E-state index in [-0.39, 0.29) is 17.2 Å². The Labute approximate surface area is 177 Å². The van der Waals surface area contributed by atoms with Gasteiger partial charge in [-0.15, -0.1) is 0 Å². The van der Waals surface area contributed by atoms with Crippen molar-refractivity contribution >= 4 is 5.91 Å². The van der Waals surface area contributed by atoms with Crippen LogP contribution in [-0.4, -0.2) is 43.8 Å². The van der Waals surface area contributed by atoms with E-state index in [9.17, 15) is 4.79 Å². The van der Waals surface area contributed by atoms with Crippen LogP contribution in [0.25, 0.3) is 11.1 Å². The molecule has 1 unspecified atom stereocenters. The molecule has 1 saturated heterocycles. The predicted molar refractivity (Wildman–Crippen MR) is 116 cm³/mol. The van der Waals surface area contributed by atoms with Crippen LogP contribution in [0.3, 0.4) is 0 Å². The van der Waals surface area contributed by atoms with Gasteiger partial charge in [-0.3, -0.25) is 14.8 Å². The number of carbonyl (C=O) groups excluding carboxylic acids is 1. The number of likely N-dealkylation sites (tertiary alicyclic amines) is 1. The van der Waals surface area contributed by atoms with E-state index in [2.05, 4.69) is 35.7 Å². The zero-order chi connectivity index (χ0) is 21.1. The first kappa shape index (κ1) is 20.1. The summed E-state index contributed by atoms with van der Waals surface area (Å²) >= 11 is 0. The number of amides is 1. The van der Waals surface area contributed by atoms with Gasteiger partial charge < -0.3 is 4.90 Å². The highest BCUT2D eigenvalue weighted by atomic mass is 16.2. The molecule has 0 radical (unpaired) electrons. The summed E-state index contributed by atoms with van der Waals surface area (Å²) < 4.78 is 0. The lowest BCUT2D eigenvalue weighted by Crippen LogP contribution is -2.39. The van der Waals surface area contributed by atoms with Gasteiger partial charge in [0, 0.05) is 66.5 Å². The van der Waals surface area contributed by atoms with Crippen LogP contribution in [0.4, 0.5) is 0 Å². The summed E-state index contributed by atoms with van der Waals surface area (Å²) in [6, 6.07) is 7.52. The summed E-state index contributed by atoms with van der Waals surface area (Å²) in [5.41, 5.74) is 3.63. The number of hydrogen-bond acceptors (Lipinski definition) is 5. The molecule has 1 atom stereocenters. The number of carbonyl (C=O) groups is 1. The van der Waals surface area contributed by atoms with E-state index in [1.54, 1.807) is 36.9 Å². The molecule has 0 N–H and O–H groups in total. The number of hydrogen-bond donors (Lipinski definition) is 0. The third-order valence-corrected chi connectivity index (χ3v) is 5.50. The van der Waals surface area contributed by atoms with Crippen LogP contribution in [0.15, 0.2) is 55.2 Å². The first-order valence-corrected chi connectivity index (χ1v) is 10.4. The van der Waals surface area contributed by atoms with Crippen molar-refractivity contribution in [3.63, 3.8) is 0 Å². The van der Waals surface area contributed by atoms with Gasteiger partial charge in [0.2, 0.25) is 0 Å². The SMILES string of the molecule is CC(C)(C)c1ncc(-c2ccncc2)c(C2CCCN(C(=O)c3ccncc3)C2)n1. The van der Waals surface area contributed by atoms with Gasteiger partial charge >= 0.3 is 0 Å². The molecule has 3 aromatic heterocycles. The molecule has 30 heavy (non-hydrogen) atoms. The van der Waals surface area contributed by atoms with E-state index in [1.807, 2.05) is 23.2 Å².